The van der Waals surface area contributed by atoms with Crippen LogP contribution in [0.5, 0.6) is 5.88 Å². The molecular formula is C15H9F5N2O. The van der Waals surface area contributed by atoms with E-state index in [0.717, 1.165) is 24.3 Å². The van der Waals surface area contributed by atoms with E-state index in [2.05, 4.69) is 4.98 Å². The highest BCUT2D eigenvalue weighted by molar-refractivity contribution is 5.46. The zero-order chi connectivity index (χ0) is 16.6. The summed E-state index contributed by atoms with van der Waals surface area (Å²) >= 11 is 0. The van der Waals surface area contributed by atoms with Crippen molar-refractivity contribution >= 4 is 5.65 Å². The van der Waals surface area contributed by atoms with Crippen LogP contribution in [0, 0.1) is 11.6 Å². The van der Waals surface area contributed by atoms with Crippen LogP contribution in [0.15, 0.2) is 42.7 Å². The molecule has 0 bridgehead atoms. The van der Waals surface area contributed by atoms with Crippen LogP contribution in [-0.4, -0.2) is 9.38 Å². The first-order valence-electron chi connectivity index (χ1n) is 6.46. The number of halogens is 5. The minimum Gasteiger partial charge on any atom is -0.473 e. The largest absolute Gasteiger partial charge is 0.473 e. The molecule has 0 atom stereocenters. The molecule has 0 unspecified atom stereocenters. The van der Waals surface area contributed by atoms with Crippen molar-refractivity contribution in [2.45, 2.75) is 12.8 Å². The summed E-state index contributed by atoms with van der Waals surface area (Å²) in [6, 6.07) is 4.89. The van der Waals surface area contributed by atoms with Gasteiger partial charge in [0.25, 0.3) is 0 Å². The van der Waals surface area contributed by atoms with Crippen LogP contribution < -0.4 is 4.74 Å². The minimum absolute atomic E-state index is 0.0174. The van der Waals surface area contributed by atoms with Crippen LogP contribution >= 0.6 is 0 Å². The van der Waals surface area contributed by atoms with E-state index >= 15 is 0 Å². The summed E-state index contributed by atoms with van der Waals surface area (Å²) in [5.74, 6) is -1.88. The topological polar surface area (TPSA) is 26.5 Å². The number of nitrogens with zero attached hydrogens (tertiary/aromatic N) is 2. The molecule has 2 aromatic heterocycles. The second kappa shape index (κ2) is 5.53. The quantitative estimate of drug-likeness (QED) is 0.673. The zero-order valence-corrected chi connectivity index (χ0v) is 11.4. The van der Waals surface area contributed by atoms with E-state index in [9.17, 15) is 22.0 Å². The molecule has 0 spiro atoms. The Hall–Kier alpha value is -2.64. The standard InChI is InChI=1S/C15H9F5N2O/c16-11-2-1-3-12(17)10(11)8-23-14-7-9(15(18,19)20)6-13-21-4-5-22(13)14/h1-7H,8H2. The fourth-order valence-electron chi connectivity index (χ4n) is 2.08. The molecular weight excluding hydrogens is 319 g/mol. The molecule has 0 aliphatic rings. The van der Waals surface area contributed by atoms with Crippen LogP contribution in [0.1, 0.15) is 11.1 Å². The van der Waals surface area contributed by atoms with Gasteiger partial charge in [-0.15, -0.1) is 0 Å². The molecule has 8 heteroatoms. The van der Waals surface area contributed by atoms with Gasteiger partial charge in [-0.3, -0.25) is 4.40 Å². The number of ether oxygens (including phenoxy) is 1. The van der Waals surface area contributed by atoms with E-state index in [4.69, 9.17) is 4.74 Å². The summed E-state index contributed by atoms with van der Waals surface area (Å²) in [5, 5.41) is 0. The summed E-state index contributed by atoms with van der Waals surface area (Å²) in [4.78, 5) is 3.78. The Morgan fingerprint density at radius 3 is 2.43 bits per heavy atom. The Morgan fingerprint density at radius 1 is 1.09 bits per heavy atom. The molecule has 1 aromatic carbocycles. The number of benzene rings is 1. The second-order valence-electron chi connectivity index (χ2n) is 4.72. The minimum atomic E-state index is -4.59. The fourth-order valence-corrected chi connectivity index (χ4v) is 2.08. The third-order valence-electron chi connectivity index (χ3n) is 3.22. The lowest BCUT2D eigenvalue weighted by atomic mass is 10.2. The summed E-state index contributed by atoms with van der Waals surface area (Å²) in [6.07, 6.45) is -1.90. The van der Waals surface area contributed by atoms with Crippen molar-refractivity contribution in [1.29, 1.82) is 0 Å². The predicted octanol–water partition coefficient (Wildman–Crippen LogP) is 4.21. The molecule has 120 valence electrons. The van der Waals surface area contributed by atoms with Gasteiger partial charge >= 0.3 is 6.18 Å². The van der Waals surface area contributed by atoms with Gasteiger partial charge in [0.1, 0.15) is 23.9 Å². The van der Waals surface area contributed by atoms with Gasteiger partial charge in [-0.1, -0.05) is 6.07 Å². The van der Waals surface area contributed by atoms with Gasteiger partial charge in [-0.2, -0.15) is 13.2 Å². The number of hydrogen-bond donors (Lipinski definition) is 0. The van der Waals surface area contributed by atoms with Crippen molar-refractivity contribution in [1.82, 2.24) is 9.38 Å². The maximum absolute atomic E-state index is 13.6. The van der Waals surface area contributed by atoms with E-state index in [1.165, 1.54) is 22.9 Å². The smallest absolute Gasteiger partial charge is 0.416 e. The molecule has 0 saturated heterocycles. The average molecular weight is 328 g/mol. The highest BCUT2D eigenvalue weighted by Crippen LogP contribution is 2.33. The Kier molecular flexibility index (Phi) is 3.67. The maximum atomic E-state index is 13.6. The zero-order valence-electron chi connectivity index (χ0n) is 11.4. The molecule has 0 amide bonds. The van der Waals surface area contributed by atoms with Crippen molar-refractivity contribution in [2.75, 3.05) is 0 Å². The average Bonchev–Trinajstić information content (AvgIpc) is 2.94. The third kappa shape index (κ3) is 2.96. The Labute approximate surface area is 126 Å². The first-order chi connectivity index (χ1) is 10.9. The van der Waals surface area contributed by atoms with Crippen LogP contribution in [0.3, 0.4) is 0 Å². The molecule has 0 fully saturated rings. The van der Waals surface area contributed by atoms with Crippen LogP contribution in [-0.2, 0) is 12.8 Å². The van der Waals surface area contributed by atoms with E-state index in [0.29, 0.717) is 0 Å². The van der Waals surface area contributed by atoms with Gasteiger partial charge in [0, 0.05) is 18.5 Å². The molecule has 0 aliphatic heterocycles. The summed E-state index contributed by atoms with van der Waals surface area (Å²) in [6.45, 7) is -0.549. The van der Waals surface area contributed by atoms with Gasteiger partial charge in [0.2, 0.25) is 0 Å². The normalized spacial score (nSPS) is 11.9. The van der Waals surface area contributed by atoms with E-state index in [-0.39, 0.29) is 17.1 Å². The highest BCUT2D eigenvalue weighted by atomic mass is 19.4. The number of rotatable bonds is 3. The number of hydrogen-bond acceptors (Lipinski definition) is 2. The molecule has 0 N–H and O–H groups in total. The van der Waals surface area contributed by atoms with Crippen LogP contribution in [0.25, 0.3) is 5.65 Å². The van der Waals surface area contributed by atoms with Crippen molar-refractivity contribution < 1.29 is 26.7 Å². The van der Waals surface area contributed by atoms with Crippen molar-refractivity contribution in [3.05, 3.63) is 65.5 Å². The Balaban J connectivity index is 1.98. The summed E-state index contributed by atoms with van der Waals surface area (Å²) < 4.78 is 72.2. The molecule has 0 saturated carbocycles. The lowest BCUT2D eigenvalue weighted by Crippen LogP contribution is -2.09. The first kappa shape index (κ1) is 15.3. The lowest BCUT2D eigenvalue weighted by molar-refractivity contribution is -0.137. The highest BCUT2D eigenvalue weighted by Gasteiger charge is 2.32. The molecule has 3 nitrogen and oxygen atoms in total. The molecule has 3 aromatic rings. The third-order valence-corrected chi connectivity index (χ3v) is 3.22. The van der Waals surface area contributed by atoms with E-state index in [1.807, 2.05) is 0 Å². The number of aromatic nitrogens is 2. The monoisotopic (exact) mass is 328 g/mol. The van der Waals surface area contributed by atoms with Gasteiger partial charge < -0.3 is 4.74 Å². The van der Waals surface area contributed by atoms with Gasteiger partial charge in [0.15, 0.2) is 5.88 Å². The lowest BCUT2D eigenvalue weighted by Gasteiger charge is -2.13. The van der Waals surface area contributed by atoms with Crippen molar-refractivity contribution in [2.24, 2.45) is 0 Å². The number of alkyl halides is 3. The van der Waals surface area contributed by atoms with Gasteiger partial charge in [-0.25, -0.2) is 13.8 Å². The van der Waals surface area contributed by atoms with Crippen molar-refractivity contribution in [3.8, 4) is 5.88 Å². The number of fused-ring (bicyclic) bond motifs is 1. The Morgan fingerprint density at radius 2 is 1.78 bits per heavy atom. The van der Waals surface area contributed by atoms with Crippen LogP contribution in [0.4, 0.5) is 22.0 Å². The Bertz CT molecular complexity index is 836. The van der Waals surface area contributed by atoms with E-state index < -0.39 is 30.0 Å². The van der Waals surface area contributed by atoms with E-state index in [1.54, 1.807) is 0 Å². The summed E-state index contributed by atoms with van der Waals surface area (Å²) in [7, 11) is 0. The number of imidazole rings is 1. The molecule has 23 heavy (non-hydrogen) atoms. The van der Waals surface area contributed by atoms with Crippen LogP contribution in [0.2, 0.25) is 0 Å². The molecule has 2 heterocycles. The maximum Gasteiger partial charge on any atom is 0.416 e. The van der Waals surface area contributed by atoms with Gasteiger partial charge in [-0.05, 0) is 18.2 Å². The fraction of sp³-hybridized carbons (Fsp3) is 0.133. The molecule has 0 aliphatic carbocycles. The van der Waals surface area contributed by atoms with Gasteiger partial charge in [0.05, 0.1) is 11.1 Å². The first-order valence-corrected chi connectivity index (χ1v) is 6.46. The second-order valence-corrected chi connectivity index (χ2v) is 4.72. The summed E-state index contributed by atoms with van der Waals surface area (Å²) in [5.41, 5.74) is -1.30. The molecule has 3 rings (SSSR count). The SMILES string of the molecule is Fc1cccc(F)c1COc1cc(C(F)(F)F)cc2nccn12. The predicted molar refractivity (Wildman–Crippen MR) is 70.9 cm³/mol. The number of pyridine rings is 1. The van der Waals surface area contributed by atoms with Crippen molar-refractivity contribution in [3.63, 3.8) is 0 Å². The molecule has 0 radical (unpaired) electrons.